The number of anilines is 1. The van der Waals surface area contributed by atoms with E-state index in [1.807, 2.05) is 0 Å². The van der Waals surface area contributed by atoms with Crippen molar-refractivity contribution in [3.8, 4) is 0 Å². The summed E-state index contributed by atoms with van der Waals surface area (Å²) >= 11 is 0. The smallest absolute Gasteiger partial charge is 0.273 e. The van der Waals surface area contributed by atoms with E-state index in [0.717, 1.165) is 4.90 Å². The zero-order chi connectivity index (χ0) is 10.7. The molecule has 1 amide bonds. The van der Waals surface area contributed by atoms with E-state index in [1.165, 1.54) is 13.2 Å². The molecule has 0 aromatic carbocycles. The highest BCUT2D eigenvalue weighted by Crippen LogP contribution is 2.09. The Bertz CT molecular complexity index is 325. The number of aromatic nitrogens is 2. The fourth-order valence-corrected chi connectivity index (χ4v) is 0.948. The number of halogens is 2. The Morgan fingerprint density at radius 3 is 2.86 bits per heavy atom. The maximum absolute atomic E-state index is 11.9. The number of carbonyl (C=O) groups excluding carboxylic acids is 1. The molecule has 1 rings (SSSR count). The van der Waals surface area contributed by atoms with E-state index in [0.29, 0.717) is 0 Å². The molecule has 0 saturated carbocycles. The fraction of sp³-hybridized carbons (Fsp3) is 0.429. The minimum atomic E-state index is -2.56. The number of aromatic amines is 1. The van der Waals surface area contributed by atoms with E-state index in [9.17, 15) is 13.6 Å². The van der Waals surface area contributed by atoms with Crippen LogP contribution in [0, 0.1) is 0 Å². The number of nitrogens with two attached hydrogens (primary N) is 1. The average Bonchev–Trinajstić information content (AvgIpc) is 2.48. The molecular weight excluding hydrogens is 194 g/mol. The third-order valence-corrected chi connectivity index (χ3v) is 1.64. The van der Waals surface area contributed by atoms with Crippen molar-refractivity contribution in [2.24, 2.45) is 0 Å². The Kier molecular flexibility index (Phi) is 3.00. The van der Waals surface area contributed by atoms with Gasteiger partial charge in [-0.3, -0.25) is 9.89 Å². The van der Waals surface area contributed by atoms with E-state index < -0.39 is 18.9 Å². The number of alkyl halides is 2. The molecule has 1 aromatic rings. The molecule has 14 heavy (non-hydrogen) atoms. The Hall–Kier alpha value is -1.66. The summed E-state index contributed by atoms with van der Waals surface area (Å²) in [7, 11) is 1.27. The van der Waals surface area contributed by atoms with Crippen LogP contribution in [0.1, 0.15) is 10.5 Å². The highest BCUT2D eigenvalue weighted by Gasteiger charge is 2.19. The van der Waals surface area contributed by atoms with Gasteiger partial charge in [0.1, 0.15) is 5.69 Å². The van der Waals surface area contributed by atoms with Crippen LogP contribution in [-0.2, 0) is 0 Å². The maximum atomic E-state index is 11.9. The van der Waals surface area contributed by atoms with Gasteiger partial charge in [0.15, 0.2) is 0 Å². The molecule has 0 unspecified atom stereocenters. The second kappa shape index (κ2) is 4.03. The predicted molar refractivity (Wildman–Crippen MR) is 46.0 cm³/mol. The molecule has 0 aliphatic heterocycles. The van der Waals surface area contributed by atoms with Crippen molar-refractivity contribution in [1.82, 2.24) is 15.1 Å². The van der Waals surface area contributed by atoms with Gasteiger partial charge in [0, 0.05) is 7.05 Å². The van der Waals surface area contributed by atoms with E-state index >= 15 is 0 Å². The Labute approximate surface area is 78.9 Å². The van der Waals surface area contributed by atoms with Crippen LogP contribution < -0.4 is 5.73 Å². The summed E-state index contributed by atoms with van der Waals surface area (Å²) in [6.07, 6.45) is -1.31. The molecule has 3 N–H and O–H groups in total. The molecule has 0 radical (unpaired) electrons. The van der Waals surface area contributed by atoms with Gasteiger partial charge in [0.05, 0.1) is 18.4 Å². The van der Waals surface area contributed by atoms with Gasteiger partial charge in [0.25, 0.3) is 12.3 Å². The van der Waals surface area contributed by atoms with Crippen molar-refractivity contribution in [2.45, 2.75) is 6.43 Å². The number of H-pyrrole nitrogens is 1. The summed E-state index contributed by atoms with van der Waals surface area (Å²) in [6, 6.07) is 0. The molecule has 7 heteroatoms. The highest BCUT2D eigenvalue weighted by molar-refractivity contribution is 5.96. The first-order valence-electron chi connectivity index (χ1n) is 3.85. The van der Waals surface area contributed by atoms with Crippen molar-refractivity contribution in [1.29, 1.82) is 0 Å². The van der Waals surface area contributed by atoms with Crippen LogP contribution in [-0.4, -0.2) is 41.0 Å². The summed E-state index contributed by atoms with van der Waals surface area (Å²) in [5, 5.41) is 5.87. The number of carbonyl (C=O) groups is 1. The van der Waals surface area contributed by atoms with Crippen LogP contribution in [0.2, 0.25) is 0 Å². The Morgan fingerprint density at radius 2 is 2.43 bits per heavy atom. The predicted octanol–water partition coefficient (Wildman–Crippen LogP) is 0.329. The van der Waals surface area contributed by atoms with Crippen molar-refractivity contribution in [3.05, 3.63) is 11.9 Å². The lowest BCUT2D eigenvalue weighted by atomic mass is 10.3. The first-order valence-corrected chi connectivity index (χ1v) is 3.85. The minimum absolute atomic E-state index is 0.0353. The normalized spacial score (nSPS) is 10.6. The topological polar surface area (TPSA) is 75.0 Å². The van der Waals surface area contributed by atoms with Gasteiger partial charge in [0.2, 0.25) is 0 Å². The lowest BCUT2D eigenvalue weighted by molar-refractivity contribution is 0.0616. The van der Waals surface area contributed by atoms with Gasteiger partial charge in [-0.05, 0) is 0 Å². The molecule has 0 atom stereocenters. The van der Waals surface area contributed by atoms with Gasteiger partial charge in [-0.1, -0.05) is 0 Å². The molecule has 0 fully saturated rings. The molecule has 0 saturated heterocycles. The first kappa shape index (κ1) is 10.4. The zero-order valence-electron chi connectivity index (χ0n) is 7.50. The molecule has 0 bridgehead atoms. The van der Waals surface area contributed by atoms with Crippen LogP contribution in [0.3, 0.4) is 0 Å². The summed E-state index contributed by atoms with van der Waals surface area (Å²) in [5.74, 6) is -0.597. The van der Waals surface area contributed by atoms with Crippen LogP contribution in [0.25, 0.3) is 0 Å². The fourth-order valence-electron chi connectivity index (χ4n) is 0.948. The molecule has 78 valence electrons. The third-order valence-electron chi connectivity index (χ3n) is 1.64. The van der Waals surface area contributed by atoms with Crippen molar-refractivity contribution < 1.29 is 13.6 Å². The largest absolute Gasteiger partial charge is 0.396 e. The number of nitrogens with one attached hydrogen (secondary N) is 1. The van der Waals surface area contributed by atoms with Gasteiger partial charge < -0.3 is 10.6 Å². The van der Waals surface area contributed by atoms with Crippen molar-refractivity contribution in [2.75, 3.05) is 19.3 Å². The highest BCUT2D eigenvalue weighted by atomic mass is 19.3. The monoisotopic (exact) mass is 204 g/mol. The molecule has 1 heterocycles. The van der Waals surface area contributed by atoms with Crippen LogP contribution in [0.15, 0.2) is 6.20 Å². The Morgan fingerprint density at radius 1 is 1.79 bits per heavy atom. The quantitative estimate of drug-likeness (QED) is 0.744. The van der Waals surface area contributed by atoms with Gasteiger partial charge in [-0.25, -0.2) is 8.78 Å². The van der Waals surface area contributed by atoms with Crippen molar-refractivity contribution >= 4 is 11.6 Å². The van der Waals surface area contributed by atoms with E-state index in [2.05, 4.69) is 10.2 Å². The second-order valence-corrected chi connectivity index (χ2v) is 2.78. The van der Waals surface area contributed by atoms with Gasteiger partial charge in [-0.2, -0.15) is 5.10 Å². The number of rotatable bonds is 3. The molecule has 0 spiro atoms. The maximum Gasteiger partial charge on any atom is 0.273 e. The van der Waals surface area contributed by atoms with Crippen LogP contribution in [0.5, 0.6) is 0 Å². The van der Waals surface area contributed by atoms with Gasteiger partial charge in [-0.15, -0.1) is 0 Å². The number of hydrogen-bond acceptors (Lipinski definition) is 3. The number of amides is 1. The summed E-state index contributed by atoms with van der Waals surface area (Å²) in [4.78, 5) is 12.3. The van der Waals surface area contributed by atoms with E-state index in [4.69, 9.17) is 5.73 Å². The lowest BCUT2D eigenvalue weighted by Crippen LogP contribution is -2.31. The standard InChI is InChI=1S/C7H10F2N4O/c1-13(3-5(8)9)7(14)6-4(10)2-11-12-6/h2,5H,3,10H2,1H3,(H,11,12). The minimum Gasteiger partial charge on any atom is -0.396 e. The van der Waals surface area contributed by atoms with E-state index in [1.54, 1.807) is 0 Å². The van der Waals surface area contributed by atoms with Crippen LogP contribution >= 0.6 is 0 Å². The van der Waals surface area contributed by atoms with E-state index in [-0.39, 0.29) is 11.4 Å². The van der Waals surface area contributed by atoms with Crippen molar-refractivity contribution in [3.63, 3.8) is 0 Å². The number of nitrogens with zero attached hydrogens (tertiary/aromatic N) is 2. The van der Waals surface area contributed by atoms with Crippen LogP contribution in [0.4, 0.5) is 14.5 Å². The Balaban J connectivity index is 2.71. The number of nitrogen functional groups attached to an aromatic ring is 1. The summed E-state index contributed by atoms with van der Waals surface area (Å²) in [5.41, 5.74) is 5.57. The summed E-state index contributed by atoms with van der Waals surface area (Å²) in [6.45, 7) is -0.628. The lowest BCUT2D eigenvalue weighted by Gasteiger charge is -2.15. The number of hydrogen-bond donors (Lipinski definition) is 2. The second-order valence-electron chi connectivity index (χ2n) is 2.78. The average molecular weight is 204 g/mol. The third kappa shape index (κ3) is 2.18. The molecule has 1 aromatic heterocycles. The molecule has 5 nitrogen and oxygen atoms in total. The molecule has 0 aliphatic rings. The molecular formula is C7H10F2N4O. The zero-order valence-corrected chi connectivity index (χ0v) is 7.50. The molecule has 0 aliphatic carbocycles. The SMILES string of the molecule is CN(CC(F)F)C(=O)c1[nH]ncc1N. The first-order chi connectivity index (χ1) is 6.52. The van der Waals surface area contributed by atoms with Gasteiger partial charge >= 0.3 is 0 Å². The summed E-state index contributed by atoms with van der Waals surface area (Å²) < 4.78 is 23.9.